The third kappa shape index (κ3) is 6.15. The fourth-order valence-corrected chi connectivity index (χ4v) is 4.91. The molecule has 3 heterocycles. The minimum Gasteiger partial charge on any atom is -0.444 e. The Morgan fingerprint density at radius 1 is 1.17 bits per heavy atom. The Morgan fingerprint density at radius 3 is 2.57 bits per heavy atom. The Hall–Kier alpha value is -1.22. The number of nitrogens with zero attached hydrogens (tertiary/aromatic N) is 2. The molecule has 172 valence electrons. The average Bonchev–Trinajstić information content (AvgIpc) is 2.93. The molecule has 8 nitrogen and oxygen atoms in total. The number of carbonyl (C=O) groups excluding carboxylic acids is 2. The molecule has 30 heavy (non-hydrogen) atoms. The van der Waals surface area contributed by atoms with Crippen molar-refractivity contribution in [2.75, 3.05) is 52.6 Å². The summed E-state index contributed by atoms with van der Waals surface area (Å²) in [5.41, 5.74) is -0.641. The summed E-state index contributed by atoms with van der Waals surface area (Å²) in [6.07, 6.45) is 3.30. The van der Waals surface area contributed by atoms with Crippen LogP contribution in [0.25, 0.3) is 0 Å². The molecular weight excluding hydrogens is 388 g/mol. The topological polar surface area (TPSA) is 88.5 Å². The molecule has 1 amide bonds. The lowest BCUT2D eigenvalue weighted by Crippen LogP contribution is -2.48. The molecule has 3 fully saturated rings. The number of morpholine rings is 1. The number of carbonyl (C=O) groups is 2. The van der Waals surface area contributed by atoms with Gasteiger partial charge in [0, 0.05) is 32.2 Å². The normalized spacial score (nSPS) is 30.6. The molecule has 3 aliphatic heterocycles. The molecule has 0 aliphatic carbocycles. The summed E-state index contributed by atoms with van der Waals surface area (Å²) in [6, 6.07) is -0.762. The van der Waals surface area contributed by atoms with Crippen LogP contribution < -0.4 is 0 Å². The molecule has 0 radical (unpaired) electrons. The van der Waals surface area contributed by atoms with Gasteiger partial charge in [0.05, 0.1) is 19.3 Å². The molecule has 8 heteroatoms. The molecule has 0 aromatic rings. The lowest BCUT2D eigenvalue weighted by Gasteiger charge is -2.29. The van der Waals surface area contributed by atoms with E-state index in [0.29, 0.717) is 19.1 Å². The predicted octanol–water partition coefficient (Wildman–Crippen LogP) is 1.69. The SMILES string of the molecule is CC(C)(C)OC(=O)N1C[C@@H]2C[C@H](CCCN3CCOCC3)CCO[C@H]2[C@H]1C(=O)CO. The number of amides is 1. The van der Waals surface area contributed by atoms with Crippen molar-refractivity contribution in [3.05, 3.63) is 0 Å². The zero-order chi connectivity index (χ0) is 21.7. The van der Waals surface area contributed by atoms with Crippen molar-refractivity contribution in [1.29, 1.82) is 0 Å². The Bertz CT molecular complexity index is 587. The van der Waals surface area contributed by atoms with Crippen LogP contribution in [0.2, 0.25) is 0 Å². The lowest BCUT2D eigenvalue weighted by molar-refractivity contribution is -0.130. The van der Waals surface area contributed by atoms with Gasteiger partial charge < -0.3 is 19.3 Å². The van der Waals surface area contributed by atoms with Gasteiger partial charge in [-0.2, -0.15) is 0 Å². The second kappa shape index (κ2) is 10.4. The van der Waals surface area contributed by atoms with Gasteiger partial charge in [0.2, 0.25) is 0 Å². The Labute approximate surface area is 179 Å². The number of ketones is 1. The summed E-state index contributed by atoms with van der Waals surface area (Å²) in [6.45, 7) is 10.6. The summed E-state index contributed by atoms with van der Waals surface area (Å²) in [5, 5.41) is 9.48. The highest BCUT2D eigenvalue weighted by atomic mass is 16.6. The maximum Gasteiger partial charge on any atom is 0.411 e. The second-order valence-corrected chi connectivity index (χ2v) is 9.78. The largest absolute Gasteiger partial charge is 0.444 e. The fourth-order valence-electron chi connectivity index (χ4n) is 4.91. The van der Waals surface area contributed by atoms with Gasteiger partial charge in [-0.05, 0) is 58.9 Å². The van der Waals surface area contributed by atoms with Crippen LogP contribution in [0.15, 0.2) is 0 Å². The molecule has 3 saturated heterocycles. The van der Waals surface area contributed by atoms with Crippen molar-refractivity contribution in [2.24, 2.45) is 11.8 Å². The minimum atomic E-state index is -0.762. The van der Waals surface area contributed by atoms with E-state index in [4.69, 9.17) is 14.2 Å². The van der Waals surface area contributed by atoms with Crippen LogP contribution in [0, 0.1) is 11.8 Å². The number of hydrogen-bond acceptors (Lipinski definition) is 7. The Kier molecular flexibility index (Phi) is 8.12. The Morgan fingerprint density at radius 2 is 1.90 bits per heavy atom. The molecular formula is C22H38N2O6. The molecule has 3 rings (SSSR count). The standard InChI is InChI=1S/C22H38N2O6/c1-22(2,3)30-21(27)24-14-17-13-16(5-4-7-23-8-11-28-12-9-23)6-10-29-20(17)19(24)18(26)15-25/h16-17,19-20,25H,4-15H2,1-3H3/t16-,17+,19-,20-/m1/s1. The van der Waals surface area contributed by atoms with Crippen LogP contribution in [-0.4, -0.2) is 97.1 Å². The molecule has 0 aromatic heterocycles. The zero-order valence-electron chi connectivity index (χ0n) is 18.7. The van der Waals surface area contributed by atoms with E-state index in [9.17, 15) is 14.7 Å². The van der Waals surface area contributed by atoms with Crippen molar-refractivity contribution in [3.8, 4) is 0 Å². The quantitative estimate of drug-likeness (QED) is 0.691. The third-order valence-electron chi connectivity index (χ3n) is 6.32. The van der Waals surface area contributed by atoms with Gasteiger partial charge in [-0.25, -0.2) is 4.79 Å². The Balaban J connectivity index is 1.60. The van der Waals surface area contributed by atoms with Crippen molar-refractivity contribution < 1.29 is 28.9 Å². The van der Waals surface area contributed by atoms with Gasteiger partial charge in [-0.15, -0.1) is 0 Å². The van der Waals surface area contributed by atoms with E-state index >= 15 is 0 Å². The van der Waals surface area contributed by atoms with Crippen LogP contribution in [-0.2, 0) is 19.0 Å². The average molecular weight is 427 g/mol. The van der Waals surface area contributed by atoms with Crippen LogP contribution in [0.4, 0.5) is 4.79 Å². The smallest absolute Gasteiger partial charge is 0.411 e. The summed E-state index contributed by atoms with van der Waals surface area (Å²) < 4.78 is 17.0. The maximum absolute atomic E-state index is 12.7. The van der Waals surface area contributed by atoms with Crippen LogP contribution in [0.3, 0.4) is 0 Å². The van der Waals surface area contributed by atoms with E-state index < -0.39 is 24.3 Å². The van der Waals surface area contributed by atoms with E-state index in [1.807, 2.05) is 20.8 Å². The third-order valence-corrected chi connectivity index (χ3v) is 6.32. The first kappa shape index (κ1) is 23.4. The van der Waals surface area contributed by atoms with Crippen LogP contribution >= 0.6 is 0 Å². The van der Waals surface area contributed by atoms with E-state index in [1.165, 1.54) is 4.90 Å². The maximum atomic E-state index is 12.7. The van der Waals surface area contributed by atoms with Gasteiger partial charge in [-0.3, -0.25) is 14.6 Å². The number of likely N-dealkylation sites (tertiary alicyclic amines) is 1. The van der Waals surface area contributed by atoms with Gasteiger partial charge >= 0.3 is 6.09 Å². The van der Waals surface area contributed by atoms with E-state index in [-0.39, 0.29) is 17.8 Å². The molecule has 0 unspecified atom stereocenters. The summed E-state index contributed by atoms with van der Waals surface area (Å²) in [5.74, 6) is 0.234. The summed E-state index contributed by atoms with van der Waals surface area (Å²) in [7, 11) is 0. The molecule has 1 N–H and O–H groups in total. The molecule has 0 spiro atoms. The highest BCUT2D eigenvalue weighted by Crippen LogP contribution is 2.37. The van der Waals surface area contributed by atoms with Crippen molar-refractivity contribution in [3.63, 3.8) is 0 Å². The first-order chi connectivity index (χ1) is 14.3. The summed E-state index contributed by atoms with van der Waals surface area (Å²) in [4.78, 5) is 29.2. The number of hydrogen-bond donors (Lipinski definition) is 1. The van der Waals surface area contributed by atoms with Gasteiger partial charge in [0.1, 0.15) is 18.2 Å². The first-order valence-electron chi connectivity index (χ1n) is 11.3. The number of fused-ring (bicyclic) bond motifs is 1. The molecule has 0 aromatic carbocycles. The predicted molar refractivity (Wildman–Crippen MR) is 111 cm³/mol. The molecule has 0 bridgehead atoms. The van der Waals surface area contributed by atoms with E-state index in [2.05, 4.69) is 4.90 Å². The van der Waals surface area contributed by atoms with Crippen LogP contribution in [0.1, 0.15) is 46.5 Å². The zero-order valence-corrected chi connectivity index (χ0v) is 18.7. The lowest BCUT2D eigenvalue weighted by atomic mass is 9.87. The number of ether oxygens (including phenoxy) is 3. The molecule has 0 saturated carbocycles. The highest BCUT2D eigenvalue weighted by molar-refractivity contribution is 5.89. The molecule has 4 atom stereocenters. The van der Waals surface area contributed by atoms with Crippen molar-refractivity contribution in [1.82, 2.24) is 9.80 Å². The summed E-state index contributed by atoms with van der Waals surface area (Å²) >= 11 is 0. The first-order valence-corrected chi connectivity index (χ1v) is 11.3. The van der Waals surface area contributed by atoms with Crippen molar-refractivity contribution in [2.45, 2.75) is 64.2 Å². The number of rotatable bonds is 6. The second-order valence-electron chi connectivity index (χ2n) is 9.78. The fraction of sp³-hybridized carbons (Fsp3) is 0.909. The number of aliphatic hydroxyl groups excluding tert-OH is 1. The van der Waals surface area contributed by atoms with Crippen molar-refractivity contribution >= 4 is 11.9 Å². The van der Waals surface area contributed by atoms with E-state index in [0.717, 1.165) is 58.5 Å². The number of aliphatic hydroxyl groups is 1. The molecule has 3 aliphatic rings. The van der Waals surface area contributed by atoms with E-state index in [1.54, 1.807) is 0 Å². The number of Topliss-reactive ketones (excluding diaryl/α,β-unsaturated/α-hetero) is 1. The van der Waals surface area contributed by atoms with Gasteiger partial charge in [-0.1, -0.05) is 0 Å². The minimum absolute atomic E-state index is 0.0916. The van der Waals surface area contributed by atoms with Crippen LogP contribution in [0.5, 0.6) is 0 Å². The monoisotopic (exact) mass is 426 g/mol. The van der Waals surface area contributed by atoms with Gasteiger partial charge in [0.15, 0.2) is 5.78 Å². The highest BCUT2D eigenvalue weighted by Gasteiger charge is 2.50. The van der Waals surface area contributed by atoms with Gasteiger partial charge in [0.25, 0.3) is 0 Å².